The fourth-order valence-corrected chi connectivity index (χ4v) is 3.27. The molecule has 4 rings (SSSR count). The van der Waals surface area contributed by atoms with Gasteiger partial charge in [0.1, 0.15) is 30.3 Å². The van der Waals surface area contributed by atoms with Gasteiger partial charge in [-0.2, -0.15) is 0 Å². The van der Waals surface area contributed by atoms with Gasteiger partial charge in [-0.1, -0.05) is 71.9 Å². The Morgan fingerprint density at radius 2 is 1.52 bits per heavy atom. The maximum absolute atomic E-state index is 12.7. The average Bonchev–Trinajstić information content (AvgIpc) is 3.14. The zero-order valence-electron chi connectivity index (χ0n) is 17.5. The Balaban J connectivity index is 1.40. The largest absolute Gasteiger partial charge is 0.488 e. The highest BCUT2D eigenvalue weighted by Crippen LogP contribution is 2.23. The van der Waals surface area contributed by atoms with Gasteiger partial charge in [-0.25, -0.2) is 4.79 Å². The zero-order chi connectivity index (χ0) is 21.6. The summed E-state index contributed by atoms with van der Waals surface area (Å²) in [4.78, 5) is 12.7. The van der Waals surface area contributed by atoms with E-state index in [0.717, 1.165) is 27.9 Å². The smallest absolute Gasteiger partial charge is 0.342 e. The minimum atomic E-state index is -0.429. The van der Waals surface area contributed by atoms with Crippen molar-refractivity contribution in [2.75, 3.05) is 0 Å². The summed E-state index contributed by atoms with van der Waals surface area (Å²) >= 11 is 0. The van der Waals surface area contributed by atoms with Gasteiger partial charge in [0.25, 0.3) is 0 Å². The van der Waals surface area contributed by atoms with Crippen molar-refractivity contribution in [3.63, 3.8) is 0 Å². The molecule has 0 aliphatic heterocycles. The van der Waals surface area contributed by atoms with E-state index in [1.54, 1.807) is 18.2 Å². The topological polar surface area (TPSA) is 61.6 Å². The van der Waals surface area contributed by atoms with Crippen LogP contribution in [0.1, 0.15) is 32.9 Å². The molecule has 0 fully saturated rings. The maximum Gasteiger partial charge on any atom is 0.342 e. The minimum absolute atomic E-state index is 0.187. The summed E-state index contributed by atoms with van der Waals surface area (Å²) in [5, 5.41) is 3.93. The molecule has 0 radical (unpaired) electrons. The number of hydrogen-bond donors (Lipinski definition) is 0. The van der Waals surface area contributed by atoms with E-state index in [-0.39, 0.29) is 13.2 Å². The highest BCUT2D eigenvalue weighted by atomic mass is 16.5. The lowest BCUT2D eigenvalue weighted by Crippen LogP contribution is -2.08. The minimum Gasteiger partial charge on any atom is -0.488 e. The summed E-state index contributed by atoms with van der Waals surface area (Å²) in [7, 11) is 0. The first kappa shape index (κ1) is 20.4. The van der Waals surface area contributed by atoms with Crippen molar-refractivity contribution in [1.29, 1.82) is 0 Å². The fraction of sp³-hybridized carbons (Fsp3) is 0.154. The molecule has 1 heterocycles. The van der Waals surface area contributed by atoms with Crippen LogP contribution in [0.4, 0.5) is 0 Å². The quantitative estimate of drug-likeness (QED) is 0.353. The standard InChI is InChI=1S/C26H23NO4/c1-18-24(19(2)31-27-18)17-29-25-11-7-6-10-23(25)26(28)30-16-20-12-14-22(15-13-20)21-8-4-3-5-9-21/h3-15H,16-17H2,1-2H3. The second-order valence-electron chi connectivity index (χ2n) is 7.23. The van der Waals surface area contributed by atoms with Gasteiger partial charge in [0, 0.05) is 0 Å². The predicted molar refractivity (Wildman–Crippen MR) is 118 cm³/mol. The lowest BCUT2D eigenvalue weighted by atomic mass is 10.0. The van der Waals surface area contributed by atoms with E-state index in [1.807, 2.05) is 62.4 Å². The van der Waals surface area contributed by atoms with E-state index >= 15 is 0 Å². The number of benzene rings is 3. The van der Waals surface area contributed by atoms with Crippen molar-refractivity contribution in [3.8, 4) is 16.9 Å². The number of aromatic nitrogens is 1. The SMILES string of the molecule is Cc1noc(C)c1COc1ccccc1C(=O)OCc1ccc(-c2ccccc2)cc1. The summed E-state index contributed by atoms with van der Waals surface area (Å²) in [6, 6.07) is 25.2. The first-order valence-corrected chi connectivity index (χ1v) is 10.1. The Morgan fingerprint density at radius 3 is 2.23 bits per heavy atom. The number of carbonyl (C=O) groups excluding carboxylic acids is 1. The summed E-state index contributed by atoms with van der Waals surface area (Å²) in [6.07, 6.45) is 0. The lowest BCUT2D eigenvalue weighted by molar-refractivity contribution is 0.0467. The van der Waals surface area contributed by atoms with Crippen molar-refractivity contribution in [2.45, 2.75) is 27.1 Å². The molecule has 4 aromatic rings. The molecule has 3 aromatic carbocycles. The molecule has 0 aliphatic rings. The first-order valence-electron chi connectivity index (χ1n) is 10.1. The number of carbonyl (C=O) groups is 1. The molecule has 0 spiro atoms. The van der Waals surface area contributed by atoms with Crippen molar-refractivity contribution in [3.05, 3.63) is 107 Å². The lowest BCUT2D eigenvalue weighted by Gasteiger charge is -2.11. The third-order valence-electron chi connectivity index (χ3n) is 5.09. The first-order chi connectivity index (χ1) is 15.1. The molecule has 1 aromatic heterocycles. The van der Waals surface area contributed by atoms with Crippen molar-refractivity contribution in [1.82, 2.24) is 5.16 Å². The Bertz CT molecular complexity index is 1140. The molecular weight excluding hydrogens is 390 g/mol. The van der Waals surface area contributed by atoms with Gasteiger partial charge in [0.05, 0.1) is 11.3 Å². The molecule has 0 aliphatic carbocycles. The molecule has 0 saturated heterocycles. The molecule has 31 heavy (non-hydrogen) atoms. The summed E-state index contributed by atoms with van der Waals surface area (Å²) < 4.78 is 16.6. The number of para-hydroxylation sites is 1. The molecule has 5 heteroatoms. The summed E-state index contributed by atoms with van der Waals surface area (Å²) in [5.74, 6) is 0.741. The van der Waals surface area contributed by atoms with Crippen LogP contribution in [0, 0.1) is 13.8 Å². The van der Waals surface area contributed by atoms with Gasteiger partial charge in [-0.15, -0.1) is 0 Å². The van der Waals surface area contributed by atoms with Crippen LogP contribution in [0.25, 0.3) is 11.1 Å². The highest BCUT2D eigenvalue weighted by Gasteiger charge is 2.16. The van der Waals surface area contributed by atoms with Crippen LogP contribution in [0.2, 0.25) is 0 Å². The molecule has 156 valence electrons. The maximum atomic E-state index is 12.7. The average molecular weight is 413 g/mol. The molecule has 5 nitrogen and oxygen atoms in total. The summed E-state index contributed by atoms with van der Waals surface area (Å²) in [5.41, 5.74) is 5.22. The number of nitrogens with zero attached hydrogens (tertiary/aromatic N) is 1. The second kappa shape index (κ2) is 9.30. The Kier molecular flexibility index (Phi) is 6.13. The Morgan fingerprint density at radius 1 is 0.839 bits per heavy atom. The van der Waals surface area contributed by atoms with Crippen molar-refractivity contribution in [2.24, 2.45) is 0 Å². The predicted octanol–water partition coefficient (Wildman–Crippen LogP) is 5.89. The van der Waals surface area contributed by atoms with E-state index in [4.69, 9.17) is 14.0 Å². The third kappa shape index (κ3) is 4.83. The van der Waals surface area contributed by atoms with Crippen LogP contribution in [0.5, 0.6) is 5.75 Å². The highest BCUT2D eigenvalue weighted by molar-refractivity contribution is 5.92. The Hall–Kier alpha value is -3.86. The van der Waals surface area contributed by atoms with Gasteiger partial charge in [0.2, 0.25) is 0 Å². The molecule has 0 unspecified atom stereocenters. The number of hydrogen-bond acceptors (Lipinski definition) is 5. The van der Waals surface area contributed by atoms with Crippen LogP contribution >= 0.6 is 0 Å². The number of aryl methyl sites for hydroxylation is 2. The molecule has 0 atom stereocenters. The molecule has 0 bridgehead atoms. The van der Waals surface area contributed by atoms with Crippen LogP contribution in [-0.4, -0.2) is 11.1 Å². The van der Waals surface area contributed by atoms with Crippen molar-refractivity contribution >= 4 is 5.97 Å². The van der Waals surface area contributed by atoms with Gasteiger partial charge in [0.15, 0.2) is 0 Å². The number of ether oxygens (including phenoxy) is 2. The van der Waals surface area contributed by atoms with Gasteiger partial charge in [-0.05, 0) is 42.7 Å². The van der Waals surface area contributed by atoms with Crippen molar-refractivity contribution < 1.29 is 18.8 Å². The second-order valence-corrected chi connectivity index (χ2v) is 7.23. The third-order valence-corrected chi connectivity index (χ3v) is 5.09. The Labute approximate surface area is 181 Å². The monoisotopic (exact) mass is 413 g/mol. The number of esters is 1. The van der Waals surface area contributed by atoms with Crippen LogP contribution < -0.4 is 4.74 Å². The van der Waals surface area contributed by atoms with Gasteiger partial charge >= 0.3 is 5.97 Å². The van der Waals surface area contributed by atoms with E-state index in [9.17, 15) is 4.79 Å². The van der Waals surface area contributed by atoms with Crippen LogP contribution in [0.3, 0.4) is 0 Å². The molecule has 0 amide bonds. The van der Waals surface area contributed by atoms with E-state index in [2.05, 4.69) is 17.3 Å². The number of rotatable bonds is 7. The summed E-state index contributed by atoms with van der Waals surface area (Å²) in [6.45, 7) is 4.15. The molecule has 0 saturated carbocycles. The van der Waals surface area contributed by atoms with Gasteiger partial charge in [-0.3, -0.25) is 0 Å². The zero-order valence-corrected chi connectivity index (χ0v) is 17.5. The van der Waals surface area contributed by atoms with Crippen LogP contribution in [0.15, 0.2) is 83.4 Å². The molecule has 0 N–H and O–H groups in total. The molecular formula is C26H23NO4. The van der Waals surface area contributed by atoms with E-state index < -0.39 is 5.97 Å². The van der Waals surface area contributed by atoms with E-state index in [1.165, 1.54) is 0 Å². The van der Waals surface area contributed by atoms with Crippen LogP contribution in [-0.2, 0) is 18.0 Å². The fourth-order valence-electron chi connectivity index (χ4n) is 3.27. The van der Waals surface area contributed by atoms with E-state index in [0.29, 0.717) is 17.1 Å². The normalized spacial score (nSPS) is 10.6. The van der Waals surface area contributed by atoms with Gasteiger partial charge < -0.3 is 14.0 Å².